The second kappa shape index (κ2) is 8.25. The Morgan fingerprint density at radius 3 is 2.72 bits per heavy atom. The Balaban J connectivity index is 1.47. The summed E-state index contributed by atoms with van der Waals surface area (Å²) in [5, 5.41) is 3.93. The van der Waals surface area contributed by atoms with Crippen LogP contribution in [0.5, 0.6) is 0 Å². The second-order valence-electron chi connectivity index (χ2n) is 6.48. The SMILES string of the molecule is CN(C(=O)COCc1cc(-c2ccc(F)cc2)on1)C1CCCCC1. The lowest BCUT2D eigenvalue weighted by Crippen LogP contribution is -2.40. The molecule has 0 bridgehead atoms. The fraction of sp³-hybridized carbons (Fsp3) is 0.474. The van der Waals surface area contributed by atoms with E-state index in [-0.39, 0.29) is 24.9 Å². The Labute approximate surface area is 146 Å². The van der Waals surface area contributed by atoms with Gasteiger partial charge < -0.3 is 14.2 Å². The molecule has 5 nitrogen and oxygen atoms in total. The Morgan fingerprint density at radius 1 is 1.28 bits per heavy atom. The van der Waals surface area contributed by atoms with Crippen molar-refractivity contribution in [2.24, 2.45) is 0 Å². The van der Waals surface area contributed by atoms with Crippen molar-refractivity contribution in [3.63, 3.8) is 0 Å². The normalized spacial score (nSPS) is 15.3. The van der Waals surface area contributed by atoms with Crippen molar-refractivity contribution < 1.29 is 18.4 Å². The van der Waals surface area contributed by atoms with E-state index in [4.69, 9.17) is 9.26 Å². The lowest BCUT2D eigenvalue weighted by Gasteiger charge is -2.31. The van der Waals surface area contributed by atoms with Gasteiger partial charge in [-0.1, -0.05) is 24.4 Å². The van der Waals surface area contributed by atoms with Crippen molar-refractivity contribution in [1.29, 1.82) is 0 Å². The molecule has 1 aliphatic carbocycles. The summed E-state index contributed by atoms with van der Waals surface area (Å²) in [7, 11) is 1.85. The number of nitrogens with zero attached hydrogens (tertiary/aromatic N) is 2. The van der Waals surface area contributed by atoms with E-state index in [9.17, 15) is 9.18 Å². The molecule has 1 aromatic carbocycles. The Bertz CT molecular complexity index is 693. The van der Waals surface area contributed by atoms with Crippen LogP contribution >= 0.6 is 0 Å². The summed E-state index contributed by atoms with van der Waals surface area (Å²) < 4.78 is 23.7. The molecular formula is C19H23FN2O3. The molecule has 1 amide bonds. The Hall–Kier alpha value is -2.21. The maximum atomic E-state index is 12.9. The third-order valence-corrected chi connectivity index (χ3v) is 4.68. The standard InChI is InChI=1S/C19H23FN2O3/c1-22(17-5-3-2-4-6-17)19(23)13-24-12-16-11-18(25-21-16)14-7-9-15(20)10-8-14/h7-11,17H,2-6,12-13H2,1H3. The third kappa shape index (κ3) is 4.66. The predicted octanol–water partition coefficient (Wildman–Crippen LogP) is 3.79. The maximum Gasteiger partial charge on any atom is 0.248 e. The summed E-state index contributed by atoms with van der Waals surface area (Å²) in [6.07, 6.45) is 5.79. The quantitative estimate of drug-likeness (QED) is 0.798. The van der Waals surface area contributed by atoms with Crippen molar-refractivity contribution in [3.05, 3.63) is 41.8 Å². The summed E-state index contributed by atoms with van der Waals surface area (Å²) in [6.45, 7) is 0.237. The largest absolute Gasteiger partial charge is 0.365 e. The second-order valence-corrected chi connectivity index (χ2v) is 6.48. The van der Waals surface area contributed by atoms with Crippen LogP contribution < -0.4 is 0 Å². The highest BCUT2D eigenvalue weighted by molar-refractivity contribution is 5.77. The van der Waals surface area contributed by atoms with Gasteiger partial charge in [-0.2, -0.15) is 0 Å². The molecule has 0 radical (unpaired) electrons. The highest BCUT2D eigenvalue weighted by Crippen LogP contribution is 2.22. The van der Waals surface area contributed by atoms with Crippen LogP contribution in [0.25, 0.3) is 11.3 Å². The summed E-state index contributed by atoms with van der Waals surface area (Å²) >= 11 is 0. The molecule has 3 rings (SSSR count). The van der Waals surface area contributed by atoms with Crippen LogP contribution in [0.4, 0.5) is 4.39 Å². The monoisotopic (exact) mass is 346 g/mol. The number of hydrogen-bond acceptors (Lipinski definition) is 4. The number of carbonyl (C=O) groups excluding carboxylic acids is 1. The summed E-state index contributed by atoms with van der Waals surface area (Å²) in [6, 6.07) is 8.07. The van der Waals surface area contributed by atoms with Crippen LogP contribution in [-0.2, 0) is 16.1 Å². The Kier molecular flexibility index (Phi) is 5.81. The van der Waals surface area contributed by atoms with Gasteiger partial charge in [0.25, 0.3) is 0 Å². The number of benzene rings is 1. The predicted molar refractivity (Wildman–Crippen MR) is 91.2 cm³/mol. The number of amides is 1. The maximum absolute atomic E-state index is 12.9. The van der Waals surface area contributed by atoms with Crippen molar-refractivity contribution in [2.45, 2.75) is 44.8 Å². The van der Waals surface area contributed by atoms with Gasteiger partial charge in [0, 0.05) is 24.7 Å². The van der Waals surface area contributed by atoms with Gasteiger partial charge >= 0.3 is 0 Å². The number of ether oxygens (including phenoxy) is 1. The first-order chi connectivity index (χ1) is 12.1. The molecule has 0 unspecified atom stereocenters. The van der Waals surface area contributed by atoms with E-state index in [0.29, 0.717) is 17.5 Å². The first-order valence-electron chi connectivity index (χ1n) is 8.68. The first kappa shape index (κ1) is 17.6. The first-order valence-corrected chi connectivity index (χ1v) is 8.68. The van der Waals surface area contributed by atoms with E-state index in [2.05, 4.69) is 5.16 Å². The zero-order valence-electron chi connectivity index (χ0n) is 14.4. The van der Waals surface area contributed by atoms with E-state index < -0.39 is 0 Å². The highest BCUT2D eigenvalue weighted by atomic mass is 19.1. The van der Waals surface area contributed by atoms with Crippen molar-refractivity contribution in [1.82, 2.24) is 10.1 Å². The van der Waals surface area contributed by atoms with Gasteiger partial charge in [0.1, 0.15) is 18.1 Å². The van der Waals surface area contributed by atoms with Crippen LogP contribution in [0.15, 0.2) is 34.9 Å². The minimum atomic E-state index is -0.299. The molecule has 2 aromatic rings. The molecule has 134 valence electrons. The van der Waals surface area contributed by atoms with Crippen molar-refractivity contribution in [2.75, 3.05) is 13.7 Å². The molecule has 1 aliphatic rings. The van der Waals surface area contributed by atoms with Crippen LogP contribution in [0, 0.1) is 5.82 Å². The van der Waals surface area contributed by atoms with Crippen LogP contribution in [0.1, 0.15) is 37.8 Å². The van der Waals surface area contributed by atoms with Crippen molar-refractivity contribution >= 4 is 5.91 Å². The minimum absolute atomic E-state index is 0.00541. The molecule has 0 aliphatic heterocycles. The molecule has 25 heavy (non-hydrogen) atoms. The zero-order chi connectivity index (χ0) is 17.6. The number of rotatable bonds is 6. The molecule has 0 saturated heterocycles. The van der Waals surface area contributed by atoms with E-state index >= 15 is 0 Å². The van der Waals surface area contributed by atoms with E-state index in [0.717, 1.165) is 18.4 Å². The third-order valence-electron chi connectivity index (χ3n) is 4.68. The van der Waals surface area contributed by atoms with Gasteiger partial charge in [0.05, 0.1) is 6.61 Å². The minimum Gasteiger partial charge on any atom is -0.365 e. The highest BCUT2D eigenvalue weighted by Gasteiger charge is 2.22. The van der Waals surface area contributed by atoms with E-state index in [1.807, 2.05) is 11.9 Å². The van der Waals surface area contributed by atoms with Gasteiger partial charge in [-0.25, -0.2) is 4.39 Å². The smallest absolute Gasteiger partial charge is 0.248 e. The van der Waals surface area contributed by atoms with Gasteiger partial charge in [-0.15, -0.1) is 0 Å². The van der Waals surface area contributed by atoms with Gasteiger partial charge in [0.15, 0.2) is 5.76 Å². The number of carbonyl (C=O) groups is 1. The summed E-state index contributed by atoms with van der Waals surface area (Å²) in [4.78, 5) is 14.0. The molecule has 1 saturated carbocycles. The lowest BCUT2D eigenvalue weighted by atomic mass is 9.94. The van der Waals surface area contributed by atoms with Crippen LogP contribution in [-0.4, -0.2) is 35.7 Å². The lowest BCUT2D eigenvalue weighted by molar-refractivity contribution is -0.138. The van der Waals surface area contributed by atoms with E-state index in [1.54, 1.807) is 18.2 Å². The number of likely N-dealkylation sites (N-methyl/N-ethyl adjacent to an activating group) is 1. The summed E-state index contributed by atoms with van der Waals surface area (Å²) in [5.41, 5.74) is 1.35. The van der Waals surface area contributed by atoms with Gasteiger partial charge in [-0.3, -0.25) is 4.79 Å². The molecule has 6 heteroatoms. The summed E-state index contributed by atoms with van der Waals surface area (Å²) in [5.74, 6) is 0.242. The number of halogens is 1. The topological polar surface area (TPSA) is 55.6 Å². The Morgan fingerprint density at radius 2 is 2.00 bits per heavy atom. The molecule has 1 fully saturated rings. The fourth-order valence-corrected chi connectivity index (χ4v) is 3.15. The van der Waals surface area contributed by atoms with Crippen LogP contribution in [0.3, 0.4) is 0 Å². The number of aromatic nitrogens is 1. The molecule has 0 spiro atoms. The molecule has 0 N–H and O–H groups in total. The van der Waals surface area contributed by atoms with Crippen LogP contribution in [0.2, 0.25) is 0 Å². The van der Waals surface area contributed by atoms with Crippen molar-refractivity contribution in [3.8, 4) is 11.3 Å². The average Bonchev–Trinajstić information content (AvgIpc) is 3.11. The average molecular weight is 346 g/mol. The van der Waals surface area contributed by atoms with E-state index in [1.165, 1.54) is 31.4 Å². The molecule has 1 heterocycles. The zero-order valence-corrected chi connectivity index (χ0v) is 14.4. The fourth-order valence-electron chi connectivity index (χ4n) is 3.15. The molecule has 0 atom stereocenters. The van der Waals surface area contributed by atoms with Gasteiger partial charge in [-0.05, 0) is 37.1 Å². The molecular weight excluding hydrogens is 323 g/mol. The number of hydrogen-bond donors (Lipinski definition) is 0. The van der Waals surface area contributed by atoms with Gasteiger partial charge in [0.2, 0.25) is 5.91 Å². The molecule has 1 aromatic heterocycles.